The zero-order chi connectivity index (χ0) is 20.1. The van der Waals surface area contributed by atoms with Gasteiger partial charge in [-0.25, -0.2) is 0 Å². The monoisotopic (exact) mass is 395 g/mol. The maximum atomic E-state index is 12.8. The average molecular weight is 396 g/mol. The molecule has 3 rings (SSSR count). The molecule has 2 N–H and O–H groups in total. The molecule has 28 heavy (non-hydrogen) atoms. The number of nitrogens with zero attached hydrogens (tertiary/aromatic N) is 2. The number of carbonyl (C=O) groups is 1. The van der Waals surface area contributed by atoms with Crippen LogP contribution in [0.3, 0.4) is 0 Å². The summed E-state index contributed by atoms with van der Waals surface area (Å²) in [5.74, 6) is -0.995. The lowest BCUT2D eigenvalue weighted by Crippen LogP contribution is -2.34. The molecule has 0 fully saturated rings. The quantitative estimate of drug-likeness (QED) is 0.669. The number of aromatic nitrogens is 1. The Balaban J connectivity index is 1.88. The third-order valence-corrected chi connectivity index (χ3v) is 4.68. The third kappa shape index (κ3) is 4.00. The summed E-state index contributed by atoms with van der Waals surface area (Å²) in [7, 11) is 0. The highest BCUT2D eigenvalue weighted by Gasteiger charge is 2.21. The summed E-state index contributed by atoms with van der Waals surface area (Å²) in [6.45, 7) is 0.436. The molecule has 0 aliphatic heterocycles. The van der Waals surface area contributed by atoms with E-state index in [4.69, 9.17) is 16.9 Å². The largest absolute Gasteiger partial charge is 0.506 e. The zero-order valence-corrected chi connectivity index (χ0v) is 15.7. The summed E-state index contributed by atoms with van der Waals surface area (Å²) in [5.41, 5.74) is 0.542. The lowest BCUT2D eigenvalue weighted by molar-refractivity contribution is 0.0949. The Hall–Kier alpha value is -3.30. The first-order valence-corrected chi connectivity index (χ1v) is 9.15. The van der Waals surface area contributed by atoms with Gasteiger partial charge in [0.05, 0.1) is 18.0 Å². The predicted molar refractivity (Wildman–Crippen MR) is 108 cm³/mol. The minimum Gasteiger partial charge on any atom is -0.506 e. The Morgan fingerprint density at radius 2 is 1.89 bits per heavy atom. The highest BCUT2D eigenvalue weighted by atomic mass is 35.5. The molecule has 1 amide bonds. The van der Waals surface area contributed by atoms with E-state index in [1.807, 2.05) is 18.2 Å². The van der Waals surface area contributed by atoms with Crippen LogP contribution in [-0.4, -0.2) is 22.1 Å². The normalized spacial score (nSPS) is 10.6. The van der Waals surface area contributed by atoms with Crippen molar-refractivity contribution in [3.63, 3.8) is 0 Å². The fourth-order valence-electron chi connectivity index (χ4n) is 3.04. The van der Waals surface area contributed by atoms with Crippen LogP contribution in [0.2, 0.25) is 5.02 Å². The van der Waals surface area contributed by atoms with E-state index >= 15 is 0 Å². The standard InChI is InChI=1S/C21H18ClN3O3/c22-15-8-6-14(7-9-15)10-12-24-20(27)18-19(26)16-4-1-2-5-17(16)25(21(18)28)13-3-11-23/h1-2,4-9,26H,3,10,12-13H2,(H,24,27). The fourth-order valence-corrected chi connectivity index (χ4v) is 3.16. The Labute approximate surface area is 166 Å². The van der Waals surface area contributed by atoms with Crippen molar-refractivity contribution in [2.75, 3.05) is 6.54 Å². The lowest BCUT2D eigenvalue weighted by Gasteiger charge is -2.14. The van der Waals surface area contributed by atoms with E-state index < -0.39 is 11.5 Å². The number of nitriles is 1. The van der Waals surface area contributed by atoms with Gasteiger partial charge in [-0.15, -0.1) is 0 Å². The molecule has 0 aliphatic rings. The molecule has 1 heterocycles. The van der Waals surface area contributed by atoms with Gasteiger partial charge in [0.15, 0.2) is 0 Å². The molecule has 0 bridgehead atoms. The molecule has 142 valence electrons. The summed E-state index contributed by atoms with van der Waals surface area (Å²) < 4.78 is 1.35. The van der Waals surface area contributed by atoms with Crippen LogP contribution in [0.5, 0.6) is 5.75 Å². The molecule has 3 aromatic rings. The van der Waals surface area contributed by atoms with Gasteiger partial charge in [-0.2, -0.15) is 5.26 Å². The lowest BCUT2D eigenvalue weighted by atomic mass is 10.1. The highest BCUT2D eigenvalue weighted by Crippen LogP contribution is 2.26. The van der Waals surface area contributed by atoms with Gasteiger partial charge in [0, 0.05) is 23.5 Å². The molecule has 0 unspecified atom stereocenters. The number of hydrogen-bond donors (Lipinski definition) is 2. The van der Waals surface area contributed by atoms with Crippen LogP contribution in [0.15, 0.2) is 53.3 Å². The van der Waals surface area contributed by atoms with Gasteiger partial charge in [0.2, 0.25) is 0 Å². The maximum absolute atomic E-state index is 12.8. The van der Waals surface area contributed by atoms with Gasteiger partial charge in [0.25, 0.3) is 11.5 Å². The number of aromatic hydroxyl groups is 1. The van der Waals surface area contributed by atoms with E-state index in [0.717, 1.165) is 5.56 Å². The van der Waals surface area contributed by atoms with Crippen LogP contribution in [0.25, 0.3) is 10.9 Å². The molecule has 0 radical (unpaired) electrons. The Morgan fingerprint density at radius 3 is 2.61 bits per heavy atom. The number of carbonyl (C=O) groups excluding carboxylic acids is 1. The van der Waals surface area contributed by atoms with E-state index in [1.54, 1.807) is 36.4 Å². The number of halogens is 1. The van der Waals surface area contributed by atoms with Crippen LogP contribution < -0.4 is 10.9 Å². The van der Waals surface area contributed by atoms with Gasteiger partial charge in [-0.1, -0.05) is 35.9 Å². The predicted octanol–water partition coefficient (Wildman–Crippen LogP) is 3.25. The fraction of sp³-hybridized carbons (Fsp3) is 0.190. The van der Waals surface area contributed by atoms with Crippen molar-refractivity contribution in [1.29, 1.82) is 5.26 Å². The molecule has 7 heteroatoms. The summed E-state index contributed by atoms with van der Waals surface area (Å²) in [6.07, 6.45) is 0.673. The number of pyridine rings is 1. The molecule has 0 saturated carbocycles. The van der Waals surface area contributed by atoms with Crippen molar-refractivity contribution < 1.29 is 9.90 Å². The van der Waals surface area contributed by atoms with Gasteiger partial charge in [-0.05, 0) is 36.2 Å². The van der Waals surface area contributed by atoms with Crippen LogP contribution in [0, 0.1) is 11.3 Å². The number of fused-ring (bicyclic) bond motifs is 1. The first-order chi connectivity index (χ1) is 13.5. The molecular weight excluding hydrogens is 378 g/mol. The number of para-hydroxylation sites is 1. The summed E-state index contributed by atoms with van der Waals surface area (Å²) >= 11 is 5.86. The van der Waals surface area contributed by atoms with Crippen LogP contribution in [-0.2, 0) is 13.0 Å². The second kappa shape index (κ2) is 8.59. The van der Waals surface area contributed by atoms with E-state index in [2.05, 4.69) is 5.32 Å². The topological polar surface area (TPSA) is 95.1 Å². The number of benzene rings is 2. The van der Waals surface area contributed by atoms with Gasteiger partial charge in [0.1, 0.15) is 11.3 Å². The zero-order valence-electron chi connectivity index (χ0n) is 15.0. The van der Waals surface area contributed by atoms with E-state index in [-0.39, 0.29) is 24.3 Å². The molecule has 0 saturated heterocycles. The van der Waals surface area contributed by atoms with Crippen molar-refractivity contribution in [3.05, 3.63) is 75.0 Å². The Kier molecular flexibility index (Phi) is 5.97. The van der Waals surface area contributed by atoms with E-state index in [0.29, 0.717) is 28.9 Å². The molecule has 1 aromatic heterocycles. The minimum absolute atomic E-state index is 0.117. The Morgan fingerprint density at radius 1 is 1.18 bits per heavy atom. The van der Waals surface area contributed by atoms with Gasteiger partial charge < -0.3 is 15.0 Å². The number of aryl methyl sites for hydroxylation is 1. The molecule has 0 spiro atoms. The number of rotatable bonds is 6. The first kappa shape index (κ1) is 19.5. The van der Waals surface area contributed by atoms with Crippen molar-refractivity contribution >= 4 is 28.4 Å². The van der Waals surface area contributed by atoms with Crippen molar-refractivity contribution in [2.45, 2.75) is 19.4 Å². The number of nitrogens with one attached hydrogen (secondary N) is 1. The van der Waals surface area contributed by atoms with Gasteiger partial charge >= 0.3 is 0 Å². The minimum atomic E-state index is -0.645. The summed E-state index contributed by atoms with van der Waals surface area (Å²) in [4.78, 5) is 25.5. The maximum Gasteiger partial charge on any atom is 0.267 e. The summed E-state index contributed by atoms with van der Waals surface area (Å²) in [5, 5.41) is 23.1. The van der Waals surface area contributed by atoms with Crippen LogP contribution >= 0.6 is 11.6 Å². The van der Waals surface area contributed by atoms with Crippen molar-refractivity contribution in [1.82, 2.24) is 9.88 Å². The van der Waals surface area contributed by atoms with E-state index in [9.17, 15) is 14.7 Å². The molecule has 0 aliphatic carbocycles. The molecule has 0 atom stereocenters. The second-order valence-corrected chi connectivity index (χ2v) is 6.67. The Bertz CT molecular complexity index is 1110. The third-order valence-electron chi connectivity index (χ3n) is 4.43. The van der Waals surface area contributed by atoms with Crippen LogP contribution in [0.4, 0.5) is 0 Å². The average Bonchev–Trinajstić information content (AvgIpc) is 2.69. The second-order valence-electron chi connectivity index (χ2n) is 6.24. The SMILES string of the molecule is N#CCCn1c(=O)c(C(=O)NCCc2ccc(Cl)cc2)c(O)c2ccccc21. The highest BCUT2D eigenvalue weighted by molar-refractivity contribution is 6.30. The van der Waals surface area contributed by atoms with E-state index in [1.165, 1.54) is 4.57 Å². The van der Waals surface area contributed by atoms with Gasteiger partial charge in [-0.3, -0.25) is 9.59 Å². The molecule has 2 aromatic carbocycles. The van der Waals surface area contributed by atoms with Crippen molar-refractivity contribution in [3.8, 4) is 11.8 Å². The smallest absolute Gasteiger partial charge is 0.267 e. The first-order valence-electron chi connectivity index (χ1n) is 8.77. The van der Waals surface area contributed by atoms with Crippen molar-refractivity contribution in [2.24, 2.45) is 0 Å². The number of amides is 1. The summed E-state index contributed by atoms with van der Waals surface area (Å²) in [6, 6.07) is 16.0. The molecule has 6 nitrogen and oxygen atoms in total. The number of hydrogen-bond acceptors (Lipinski definition) is 4. The molecular formula is C21H18ClN3O3. The van der Waals surface area contributed by atoms with Crippen LogP contribution in [0.1, 0.15) is 22.3 Å².